The van der Waals surface area contributed by atoms with Crippen molar-refractivity contribution < 1.29 is 10.2 Å². The van der Waals surface area contributed by atoms with Crippen LogP contribution in [0.4, 0.5) is 0 Å². The summed E-state index contributed by atoms with van der Waals surface area (Å²) in [5.74, 6) is 0. The van der Waals surface area contributed by atoms with Crippen molar-refractivity contribution in [2.75, 3.05) is 0 Å². The third-order valence-corrected chi connectivity index (χ3v) is 2.72. The Morgan fingerprint density at radius 1 is 1.13 bits per heavy atom. The summed E-state index contributed by atoms with van der Waals surface area (Å²) in [4.78, 5) is 0. The van der Waals surface area contributed by atoms with E-state index in [0.717, 1.165) is 12.0 Å². The smallest absolute Gasteiger partial charge is 0.0839 e. The van der Waals surface area contributed by atoms with Crippen molar-refractivity contribution >= 4 is 0 Å². The van der Waals surface area contributed by atoms with Gasteiger partial charge in [0.25, 0.3) is 0 Å². The molecule has 0 heterocycles. The molecule has 1 aromatic rings. The Hall–Kier alpha value is -0.860. The Morgan fingerprint density at radius 2 is 1.80 bits per heavy atom. The van der Waals surface area contributed by atoms with Crippen LogP contribution < -0.4 is 0 Å². The monoisotopic (exact) mass is 208 g/mol. The van der Waals surface area contributed by atoms with E-state index in [0.29, 0.717) is 12.8 Å². The average molecular weight is 208 g/mol. The Kier molecular flexibility index (Phi) is 4.79. The fourth-order valence-corrected chi connectivity index (χ4v) is 1.69. The van der Waals surface area contributed by atoms with Crippen molar-refractivity contribution in [2.45, 2.75) is 45.3 Å². The third kappa shape index (κ3) is 3.65. The standard InChI is InChI=1S/C13H20O2/c1-3-6-12(14)13(15)9-11-8-5-4-7-10(11)2/h4-5,7-8,12-15H,3,6,9H2,1-2H3. The maximum Gasteiger partial charge on any atom is 0.0839 e. The predicted octanol–water partition coefficient (Wildman–Crippen LogP) is 2.06. The molecule has 2 heteroatoms. The molecule has 0 saturated heterocycles. The summed E-state index contributed by atoms with van der Waals surface area (Å²) in [6, 6.07) is 7.96. The minimum atomic E-state index is -0.647. The molecule has 2 unspecified atom stereocenters. The highest BCUT2D eigenvalue weighted by molar-refractivity contribution is 5.26. The number of hydrogen-bond donors (Lipinski definition) is 2. The number of aliphatic hydroxyl groups excluding tert-OH is 2. The number of rotatable bonds is 5. The van der Waals surface area contributed by atoms with Crippen molar-refractivity contribution in [2.24, 2.45) is 0 Å². The molecule has 0 radical (unpaired) electrons. The van der Waals surface area contributed by atoms with Gasteiger partial charge in [0.05, 0.1) is 12.2 Å². The molecule has 0 aliphatic carbocycles. The minimum absolute atomic E-state index is 0.536. The topological polar surface area (TPSA) is 40.5 Å². The molecule has 15 heavy (non-hydrogen) atoms. The first-order chi connectivity index (χ1) is 7.15. The zero-order valence-corrected chi connectivity index (χ0v) is 9.48. The molecule has 0 amide bonds. The van der Waals surface area contributed by atoms with Crippen LogP contribution in [0.1, 0.15) is 30.9 Å². The lowest BCUT2D eigenvalue weighted by Gasteiger charge is -2.18. The summed E-state index contributed by atoms with van der Waals surface area (Å²) < 4.78 is 0. The normalized spacial score (nSPS) is 14.9. The van der Waals surface area contributed by atoms with Gasteiger partial charge in [-0.1, -0.05) is 37.6 Å². The highest BCUT2D eigenvalue weighted by atomic mass is 16.3. The van der Waals surface area contributed by atoms with E-state index in [1.165, 1.54) is 5.56 Å². The van der Waals surface area contributed by atoms with Crippen molar-refractivity contribution in [3.63, 3.8) is 0 Å². The van der Waals surface area contributed by atoms with Crippen LogP contribution in [-0.2, 0) is 6.42 Å². The first-order valence-electron chi connectivity index (χ1n) is 5.55. The maximum atomic E-state index is 9.78. The molecule has 0 fully saturated rings. The van der Waals surface area contributed by atoms with Crippen LogP contribution >= 0.6 is 0 Å². The van der Waals surface area contributed by atoms with E-state index in [1.54, 1.807) is 0 Å². The van der Waals surface area contributed by atoms with Gasteiger partial charge in [-0.15, -0.1) is 0 Å². The molecule has 1 rings (SSSR count). The van der Waals surface area contributed by atoms with Crippen LogP contribution in [0.3, 0.4) is 0 Å². The minimum Gasteiger partial charge on any atom is -0.390 e. The number of hydrogen-bond acceptors (Lipinski definition) is 2. The van der Waals surface area contributed by atoms with Gasteiger partial charge in [0.2, 0.25) is 0 Å². The quantitative estimate of drug-likeness (QED) is 0.777. The molecule has 0 aliphatic rings. The van der Waals surface area contributed by atoms with E-state index in [9.17, 15) is 10.2 Å². The SMILES string of the molecule is CCCC(O)C(O)Cc1ccccc1C. The van der Waals surface area contributed by atoms with Gasteiger partial charge < -0.3 is 10.2 Å². The molecule has 0 aliphatic heterocycles. The molecule has 0 aromatic heterocycles. The van der Waals surface area contributed by atoms with E-state index in [-0.39, 0.29) is 0 Å². The van der Waals surface area contributed by atoms with Gasteiger partial charge in [-0.05, 0) is 24.5 Å². The lowest BCUT2D eigenvalue weighted by atomic mass is 9.98. The van der Waals surface area contributed by atoms with Crippen molar-refractivity contribution in [3.8, 4) is 0 Å². The molecular formula is C13H20O2. The molecule has 0 saturated carbocycles. The summed E-state index contributed by atoms with van der Waals surface area (Å²) in [5.41, 5.74) is 2.28. The fourth-order valence-electron chi connectivity index (χ4n) is 1.69. The first-order valence-corrected chi connectivity index (χ1v) is 5.55. The molecule has 2 nitrogen and oxygen atoms in total. The van der Waals surface area contributed by atoms with Gasteiger partial charge in [0, 0.05) is 6.42 Å². The fraction of sp³-hybridized carbons (Fsp3) is 0.538. The molecular weight excluding hydrogens is 188 g/mol. The highest BCUT2D eigenvalue weighted by Gasteiger charge is 2.16. The summed E-state index contributed by atoms with van der Waals surface area (Å²) in [5, 5.41) is 19.4. The first kappa shape index (κ1) is 12.2. The summed E-state index contributed by atoms with van der Waals surface area (Å²) in [7, 11) is 0. The van der Waals surface area contributed by atoms with Crippen molar-refractivity contribution in [1.82, 2.24) is 0 Å². The number of benzene rings is 1. The average Bonchev–Trinajstić information content (AvgIpc) is 2.21. The highest BCUT2D eigenvalue weighted by Crippen LogP contribution is 2.13. The van der Waals surface area contributed by atoms with Crippen molar-refractivity contribution in [1.29, 1.82) is 0 Å². The number of aliphatic hydroxyl groups is 2. The van der Waals surface area contributed by atoms with E-state index in [1.807, 2.05) is 38.1 Å². The van der Waals surface area contributed by atoms with Crippen molar-refractivity contribution in [3.05, 3.63) is 35.4 Å². The van der Waals surface area contributed by atoms with E-state index < -0.39 is 12.2 Å². The third-order valence-electron chi connectivity index (χ3n) is 2.72. The van der Waals surface area contributed by atoms with E-state index in [2.05, 4.69) is 0 Å². The Labute approximate surface area is 91.6 Å². The summed E-state index contributed by atoms with van der Waals surface area (Å²) >= 11 is 0. The second-order valence-electron chi connectivity index (χ2n) is 4.05. The Balaban J connectivity index is 2.58. The van der Waals surface area contributed by atoms with Gasteiger partial charge in [0.15, 0.2) is 0 Å². The summed E-state index contributed by atoms with van der Waals surface area (Å²) in [6.07, 6.45) is 0.841. The van der Waals surface area contributed by atoms with Gasteiger partial charge in [-0.2, -0.15) is 0 Å². The lowest BCUT2D eigenvalue weighted by Crippen LogP contribution is -2.28. The Morgan fingerprint density at radius 3 is 2.40 bits per heavy atom. The predicted molar refractivity (Wildman–Crippen MR) is 61.8 cm³/mol. The molecule has 0 spiro atoms. The second-order valence-corrected chi connectivity index (χ2v) is 4.05. The van der Waals surface area contributed by atoms with Crippen LogP contribution in [-0.4, -0.2) is 22.4 Å². The molecule has 2 N–H and O–H groups in total. The van der Waals surface area contributed by atoms with Crippen LogP contribution in [0.25, 0.3) is 0 Å². The molecule has 84 valence electrons. The zero-order valence-electron chi connectivity index (χ0n) is 9.48. The largest absolute Gasteiger partial charge is 0.390 e. The van der Waals surface area contributed by atoms with Crippen LogP contribution in [0.5, 0.6) is 0 Å². The molecule has 0 bridgehead atoms. The second kappa shape index (κ2) is 5.89. The van der Waals surface area contributed by atoms with E-state index >= 15 is 0 Å². The maximum absolute atomic E-state index is 9.78. The van der Waals surface area contributed by atoms with Gasteiger partial charge >= 0.3 is 0 Å². The van der Waals surface area contributed by atoms with Crippen LogP contribution in [0.15, 0.2) is 24.3 Å². The van der Waals surface area contributed by atoms with Gasteiger partial charge in [-0.25, -0.2) is 0 Å². The van der Waals surface area contributed by atoms with Gasteiger partial charge in [0.1, 0.15) is 0 Å². The zero-order chi connectivity index (χ0) is 11.3. The molecule has 2 atom stereocenters. The number of aryl methyl sites for hydroxylation is 1. The Bertz CT molecular complexity index is 296. The lowest BCUT2D eigenvalue weighted by molar-refractivity contribution is 0.0147. The summed E-state index contributed by atoms with van der Waals surface area (Å²) in [6.45, 7) is 4.03. The molecule has 1 aromatic carbocycles. The van der Waals surface area contributed by atoms with Crippen LogP contribution in [0, 0.1) is 6.92 Å². The van der Waals surface area contributed by atoms with E-state index in [4.69, 9.17) is 0 Å². The van der Waals surface area contributed by atoms with Gasteiger partial charge in [-0.3, -0.25) is 0 Å². The van der Waals surface area contributed by atoms with Crippen LogP contribution in [0.2, 0.25) is 0 Å².